The Morgan fingerprint density at radius 2 is 0.938 bits per heavy atom. The van der Waals surface area contributed by atoms with Crippen LogP contribution >= 0.6 is 0 Å². The minimum absolute atomic E-state index is 0.601. The van der Waals surface area contributed by atoms with E-state index in [1.165, 1.54) is 16.2 Å². The Kier molecular flexibility index (Phi) is 5.02. The molecule has 0 radical (unpaired) electrons. The fourth-order valence-electron chi connectivity index (χ4n) is 7.64. The van der Waals surface area contributed by atoms with Crippen molar-refractivity contribution < 1.29 is 0 Å². The van der Waals surface area contributed by atoms with Gasteiger partial charge in [-0.05, 0) is 48.5 Å². The Labute approximate surface area is 274 Å². The largest absolute Gasteiger partial charge is 0.309 e. The van der Waals surface area contributed by atoms with E-state index in [4.69, 9.17) is 19.9 Å². The molecular formula is C42H24N6. The average Bonchev–Trinajstić information content (AvgIpc) is 3.78. The number of para-hydroxylation sites is 4. The highest BCUT2D eigenvalue weighted by Crippen LogP contribution is 2.46. The summed E-state index contributed by atoms with van der Waals surface area (Å²) in [6.45, 7) is 0. The van der Waals surface area contributed by atoms with Gasteiger partial charge in [0.2, 0.25) is 5.95 Å². The topological polar surface area (TPSA) is 61.4 Å². The SMILES string of the molecule is c1ccc(-n2c3ccccc3c3cc(-c4nc5c6c(nc(-n7c8ccccc8c8ccccc87)nc6n4)-c4ccccc4-5)ccc32)cc1. The van der Waals surface area contributed by atoms with Crippen LogP contribution in [0, 0.1) is 0 Å². The van der Waals surface area contributed by atoms with Crippen LogP contribution in [0.25, 0.3) is 100 Å². The van der Waals surface area contributed by atoms with E-state index in [1.807, 2.05) is 0 Å². The molecular weight excluding hydrogens is 589 g/mol. The molecule has 6 aromatic carbocycles. The lowest BCUT2D eigenvalue weighted by molar-refractivity contribution is 1.00. The van der Waals surface area contributed by atoms with E-state index in [1.54, 1.807) is 0 Å². The highest BCUT2D eigenvalue weighted by atomic mass is 15.2. The maximum Gasteiger partial charge on any atom is 0.237 e. The molecule has 48 heavy (non-hydrogen) atoms. The standard InChI is InChI=1S/C42H24N6/c1-2-12-26(13-3-1)47-33-19-9-8-16-29(33)32-24-25(22-23-36(32)47)40-43-38-30-17-4-5-18-31(30)39-37(38)41(45-40)46-42(44-39)48-34-20-10-6-14-27(34)28-15-7-11-21-35(28)48/h1-24H. The van der Waals surface area contributed by atoms with Crippen LogP contribution in [-0.4, -0.2) is 29.1 Å². The molecule has 4 heterocycles. The molecule has 0 aliphatic heterocycles. The maximum absolute atomic E-state index is 5.23. The summed E-state index contributed by atoms with van der Waals surface area (Å²) in [6.07, 6.45) is 0. The van der Waals surface area contributed by atoms with Gasteiger partial charge in [0, 0.05) is 43.9 Å². The first kappa shape index (κ1) is 25.5. The number of rotatable bonds is 3. The Hall–Kier alpha value is -6.66. The molecule has 1 aliphatic rings. The molecule has 0 N–H and O–H groups in total. The minimum atomic E-state index is 0.601. The third kappa shape index (κ3) is 3.40. The van der Waals surface area contributed by atoms with Crippen LogP contribution < -0.4 is 0 Å². The van der Waals surface area contributed by atoms with Crippen molar-refractivity contribution in [1.29, 1.82) is 0 Å². The van der Waals surface area contributed by atoms with Crippen molar-refractivity contribution in [2.75, 3.05) is 0 Å². The van der Waals surface area contributed by atoms with Gasteiger partial charge in [-0.2, -0.15) is 4.98 Å². The molecule has 0 amide bonds. The average molecular weight is 613 g/mol. The molecule has 0 unspecified atom stereocenters. The molecule has 0 fully saturated rings. The van der Waals surface area contributed by atoms with Crippen molar-refractivity contribution in [2.45, 2.75) is 0 Å². The van der Waals surface area contributed by atoms with Gasteiger partial charge in [-0.15, -0.1) is 0 Å². The second-order valence-corrected chi connectivity index (χ2v) is 12.3. The second kappa shape index (κ2) is 9.44. The van der Waals surface area contributed by atoms with Gasteiger partial charge in [-0.25, -0.2) is 15.0 Å². The Balaban J connectivity index is 1.19. The van der Waals surface area contributed by atoms with Crippen molar-refractivity contribution in [3.63, 3.8) is 0 Å². The van der Waals surface area contributed by atoms with Gasteiger partial charge < -0.3 is 4.57 Å². The number of hydrogen-bond acceptors (Lipinski definition) is 4. The lowest BCUT2D eigenvalue weighted by Gasteiger charge is -2.10. The van der Waals surface area contributed by atoms with E-state index >= 15 is 0 Å². The highest BCUT2D eigenvalue weighted by Gasteiger charge is 2.28. The summed E-state index contributed by atoms with van der Waals surface area (Å²) in [5.41, 5.74) is 11.0. The van der Waals surface area contributed by atoms with Crippen LogP contribution in [0.5, 0.6) is 0 Å². The number of aromatic nitrogens is 6. The summed E-state index contributed by atoms with van der Waals surface area (Å²) in [6, 6.07) is 50.9. The molecule has 0 bridgehead atoms. The monoisotopic (exact) mass is 612 g/mol. The summed E-state index contributed by atoms with van der Waals surface area (Å²) in [5, 5.41) is 5.57. The van der Waals surface area contributed by atoms with Crippen LogP contribution in [0.2, 0.25) is 0 Å². The molecule has 222 valence electrons. The van der Waals surface area contributed by atoms with Crippen LogP contribution in [0.3, 0.4) is 0 Å². The normalized spacial score (nSPS) is 12.2. The molecule has 0 saturated heterocycles. The second-order valence-electron chi connectivity index (χ2n) is 12.3. The van der Waals surface area contributed by atoms with Crippen LogP contribution in [0.15, 0.2) is 146 Å². The summed E-state index contributed by atoms with van der Waals surface area (Å²) >= 11 is 0. The van der Waals surface area contributed by atoms with E-state index in [0.29, 0.717) is 17.4 Å². The minimum Gasteiger partial charge on any atom is -0.309 e. The van der Waals surface area contributed by atoms with Crippen molar-refractivity contribution in [2.24, 2.45) is 0 Å². The first-order chi connectivity index (χ1) is 23.8. The molecule has 0 saturated carbocycles. The zero-order chi connectivity index (χ0) is 31.3. The van der Waals surface area contributed by atoms with Crippen LogP contribution in [-0.2, 0) is 0 Å². The van der Waals surface area contributed by atoms with E-state index in [-0.39, 0.29) is 0 Å². The zero-order valence-corrected chi connectivity index (χ0v) is 25.5. The van der Waals surface area contributed by atoms with Crippen molar-refractivity contribution in [1.82, 2.24) is 29.1 Å². The summed E-state index contributed by atoms with van der Waals surface area (Å²) < 4.78 is 4.48. The predicted octanol–water partition coefficient (Wildman–Crippen LogP) is 9.93. The van der Waals surface area contributed by atoms with E-state index in [9.17, 15) is 0 Å². The first-order valence-electron chi connectivity index (χ1n) is 16.1. The van der Waals surface area contributed by atoms with E-state index in [2.05, 4.69) is 155 Å². The molecule has 4 aromatic heterocycles. The Morgan fingerprint density at radius 3 is 1.62 bits per heavy atom. The maximum atomic E-state index is 5.23. The van der Waals surface area contributed by atoms with Gasteiger partial charge in [0.15, 0.2) is 11.5 Å². The Bertz CT molecular complexity index is 2900. The third-order valence-corrected chi connectivity index (χ3v) is 9.71. The molecule has 0 atom stereocenters. The molecule has 10 aromatic rings. The smallest absolute Gasteiger partial charge is 0.237 e. The van der Waals surface area contributed by atoms with Crippen LogP contribution in [0.4, 0.5) is 0 Å². The fourth-order valence-corrected chi connectivity index (χ4v) is 7.64. The van der Waals surface area contributed by atoms with Crippen molar-refractivity contribution in [3.8, 4) is 45.5 Å². The molecule has 6 nitrogen and oxygen atoms in total. The van der Waals surface area contributed by atoms with E-state index in [0.717, 1.165) is 66.6 Å². The lowest BCUT2D eigenvalue weighted by Crippen LogP contribution is -2.04. The summed E-state index contributed by atoms with van der Waals surface area (Å²) in [4.78, 5) is 20.8. The van der Waals surface area contributed by atoms with Gasteiger partial charge in [0.1, 0.15) is 0 Å². The number of benzene rings is 6. The molecule has 1 aliphatic carbocycles. The summed E-state index contributed by atoms with van der Waals surface area (Å²) in [5.74, 6) is 1.24. The van der Waals surface area contributed by atoms with Gasteiger partial charge in [-0.1, -0.05) is 97.1 Å². The Morgan fingerprint density at radius 1 is 0.396 bits per heavy atom. The number of nitrogens with zero attached hydrogens (tertiary/aromatic N) is 6. The first-order valence-corrected chi connectivity index (χ1v) is 16.1. The molecule has 6 heteroatoms. The van der Waals surface area contributed by atoms with Crippen molar-refractivity contribution >= 4 is 54.6 Å². The third-order valence-electron chi connectivity index (χ3n) is 9.71. The van der Waals surface area contributed by atoms with Gasteiger partial charge in [0.25, 0.3) is 0 Å². The number of fused-ring (bicyclic) bond motifs is 9. The van der Waals surface area contributed by atoms with Gasteiger partial charge in [0.05, 0.1) is 38.8 Å². The molecule has 11 rings (SSSR count). The lowest BCUT2D eigenvalue weighted by atomic mass is 10.1. The zero-order valence-electron chi connectivity index (χ0n) is 25.5. The van der Waals surface area contributed by atoms with Crippen molar-refractivity contribution in [3.05, 3.63) is 146 Å². The van der Waals surface area contributed by atoms with Gasteiger partial charge in [-0.3, -0.25) is 4.57 Å². The fraction of sp³-hybridized carbons (Fsp3) is 0. The quantitative estimate of drug-likeness (QED) is 0.199. The van der Waals surface area contributed by atoms with Crippen LogP contribution in [0.1, 0.15) is 0 Å². The summed E-state index contributed by atoms with van der Waals surface area (Å²) in [7, 11) is 0. The van der Waals surface area contributed by atoms with E-state index < -0.39 is 0 Å². The van der Waals surface area contributed by atoms with Gasteiger partial charge >= 0.3 is 0 Å². The highest BCUT2D eigenvalue weighted by molar-refractivity contribution is 6.13. The molecule has 0 spiro atoms. The predicted molar refractivity (Wildman–Crippen MR) is 194 cm³/mol. The number of hydrogen-bond donors (Lipinski definition) is 0.